The summed E-state index contributed by atoms with van der Waals surface area (Å²) in [6.45, 7) is 2.76. The third-order valence-electron chi connectivity index (χ3n) is 2.40. The SMILES string of the molecule is Cc1nc[nH]c1CSCCNc1cc[nH]c(=O)n1. The Hall–Kier alpha value is -1.76. The Balaban J connectivity index is 1.68. The number of anilines is 1. The van der Waals surface area contributed by atoms with E-state index < -0.39 is 0 Å². The molecule has 0 radical (unpaired) electrons. The lowest BCUT2D eigenvalue weighted by atomic mass is 10.4. The van der Waals surface area contributed by atoms with Crippen molar-refractivity contribution in [2.45, 2.75) is 12.7 Å². The fraction of sp³-hybridized carbons (Fsp3) is 0.364. The highest BCUT2D eigenvalue weighted by atomic mass is 32.2. The van der Waals surface area contributed by atoms with Gasteiger partial charge in [-0.25, -0.2) is 9.78 Å². The number of hydrogen-bond acceptors (Lipinski definition) is 5. The largest absolute Gasteiger partial charge is 0.369 e. The molecule has 0 bridgehead atoms. The van der Waals surface area contributed by atoms with Crippen molar-refractivity contribution in [1.29, 1.82) is 0 Å². The molecule has 96 valence electrons. The van der Waals surface area contributed by atoms with Gasteiger partial charge in [0.15, 0.2) is 0 Å². The van der Waals surface area contributed by atoms with E-state index in [0.717, 1.165) is 29.4 Å². The van der Waals surface area contributed by atoms with Crippen LogP contribution in [-0.4, -0.2) is 32.2 Å². The van der Waals surface area contributed by atoms with Crippen molar-refractivity contribution in [1.82, 2.24) is 19.9 Å². The van der Waals surface area contributed by atoms with Crippen LogP contribution in [0, 0.1) is 6.92 Å². The average molecular weight is 265 g/mol. The van der Waals surface area contributed by atoms with Crippen LogP contribution in [0.2, 0.25) is 0 Å². The number of aromatic nitrogens is 4. The Bertz CT molecular complexity index is 550. The van der Waals surface area contributed by atoms with E-state index in [4.69, 9.17) is 0 Å². The highest BCUT2D eigenvalue weighted by Crippen LogP contribution is 2.12. The van der Waals surface area contributed by atoms with Crippen molar-refractivity contribution in [2.24, 2.45) is 0 Å². The summed E-state index contributed by atoms with van der Waals surface area (Å²) in [7, 11) is 0. The Kier molecular flexibility index (Phi) is 4.40. The fourth-order valence-corrected chi connectivity index (χ4v) is 2.32. The van der Waals surface area contributed by atoms with E-state index in [1.54, 1.807) is 30.4 Å². The van der Waals surface area contributed by atoms with Gasteiger partial charge in [-0.2, -0.15) is 16.7 Å². The van der Waals surface area contributed by atoms with Crippen molar-refractivity contribution in [2.75, 3.05) is 17.6 Å². The number of rotatable bonds is 6. The molecule has 6 nitrogen and oxygen atoms in total. The zero-order valence-corrected chi connectivity index (χ0v) is 10.9. The van der Waals surface area contributed by atoms with Crippen LogP contribution in [0.1, 0.15) is 11.4 Å². The maximum Gasteiger partial charge on any atom is 0.346 e. The highest BCUT2D eigenvalue weighted by Gasteiger charge is 2.00. The van der Waals surface area contributed by atoms with E-state index in [1.807, 2.05) is 6.92 Å². The first-order valence-corrected chi connectivity index (χ1v) is 6.77. The van der Waals surface area contributed by atoms with Gasteiger partial charge < -0.3 is 15.3 Å². The number of nitrogens with one attached hydrogen (secondary N) is 3. The summed E-state index contributed by atoms with van der Waals surface area (Å²) in [6.07, 6.45) is 3.29. The molecular weight excluding hydrogens is 250 g/mol. The van der Waals surface area contributed by atoms with Gasteiger partial charge in [0.1, 0.15) is 5.82 Å². The molecule has 0 aliphatic heterocycles. The molecule has 0 saturated carbocycles. The predicted molar refractivity (Wildman–Crippen MR) is 72.8 cm³/mol. The van der Waals surface area contributed by atoms with Gasteiger partial charge in [0.2, 0.25) is 0 Å². The topological polar surface area (TPSA) is 86.5 Å². The third kappa shape index (κ3) is 3.63. The van der Waals surface area contributed by atoms with E-state index in [-0.39, 0.29) is 5.69 Å². The summed E-state index contributed by atoms with van der Waals surface area (Å²) in [5, 5.41) is 3.10. The van der Waals surface area contributed by atoms with Gasteiger partial charge in [0, 0.05) is 29.9 Å². The Labute approximate surface area is 109 Å². The lowest BCUT2D eigenvalue weighted by molar-refractivity contribution is 1.05. The normalized spacial score (nSPS) is 10.5. The summed E-state index contributed by atoms with van der Waals surface area (Å²) < 4.78 is 0. The maximum absolute atomic E-state index is 10.9. The van der Waals surface area contributed by atoms with Gasteiger partial charge in [-0.3, -0.25) is 0 Å². The van der Waals surface area contributed by atoms with Crippen LogP contribution in [0.3, 0.4) is 0 Å². The molecule has 0 saturated heterocycles. The molecule has 3 N–H and O–H groups in total. The molecule has 18 heavy (non-hydrogen) atoms. The Morgan fingerprint density at radius 2 is 2.33 bits per heavy atom. The van der Waals surface area contributed by atoms with Crippen molar-refractivity contribution in [3.63, 3.8) is 0 Å². The quantitative estimate of drug-likeness (QED) is 0.682. The van der Waals surface area contributed by atoms with Gasteiger partial charge in [-0.05, 0) is 13.0 Å². The lowest BCUT2D eigenvalue weighted by Gasteiger charge is -2.04. The molecule has 0 spiro atoms. The summed E-state index contributed by atoms with van der Waals surface area (Å²) >= 11 is 1.80. The molecule has 2 rings (SSSR count). The van der Waals surface area contributed by atoms with E-state index in [1.165, 1.54) is 0 Å². The Morgan fingerprint density at radius 1 is 1.44 bits per heavy atom. The van der Waals surface area contributed by atoms with Crippen LogP contribution in [0.5, 0.6) is 0 Å². The number of H-pyrrole nitrogens is 2. The van der Waals surface area contributed by atoms with E-state index in [0.29, 0.717) is 5.82 Å². The van der Waals surface area contributed by atoms with Crippen LogP contribution >= 0.6 is 11.8 Å². The smallest absolute Gasteiger partial charge is 0.346 e. The molecule has 2 aromatic heterocycles. The van der Waals surface area contributed by atoms with Crippen LogP contribution in [0.15, 0.2) is 23.4 Å². The Morgan fingerprint density at radius 3 is 3.06 bits per heavy atom. The molecule has 0 fully saturated rings. The number of imidazole rings is 1. The number of thioether (sulfide) groups is 1. The van der Waals surface area contributed by atoms with Crippen LogP contribution < -0.4 is 11.0 Å². The number of hydrogen-bond donors (Lipinski definition) is 3. The van der Waals surface area contributed by atoms with Gasteiger partial charge in [-0.15, -0.1) is 0 Å². The predicted octanol–water partition coefficient (Wildman–Crippen LogP) is 1.15. The summed E-state index contributed by atoms with van der Waals surface area (Å²) in [4.78, 5) is 24.5. The first-order chi connectivity index (χ1) is 8.75. The second-order valence-electron chi connectivity index (χ2n) is 3.73. The molecule has 0 unspecified atom stereocenters. The zero-order valence-electron chi connectivity index (χ0n) is 10.1. The second kappa shape index (κ2) is 6.25. The molecule has 2 aromatic rings. The minimum absolute atomic E-state index is 0.333. The summed E-state index contributed by atoms with van der Waals surface area (Å²) in [5.74, 6) is 2.46. The molecule has 0 aliphatic rings. The maximum atomic E-state index is 10.9. The highest BCUT2D eigenvalue weighted by molar-refractivity contribution is 7.98. The fourth-order valence-electron chi connectivity index (χ4n) is 1.43. The first kappa shape index (κ1) is 12.7. The summed E-state index contributed by atoms with van der Waals surface area (Å²) in [6, 6.07) is 1.74. The van der Waals surface area contributed by atoms with Crippen LogP contribution in [-0.2, 0) is 5.75 Å². The van der Waals surface area contributed by atoms with Crippen molar-refractivity contribution >= 4 is 17.6 Å². The van der Waals surface area contributed by atoms with Gasteiger partial charge in [-0.1, -0.05) is 0 Å². The first-order valence-electron chi connectivity index (χ1n) is 5.62. The molecule has 0 aliphatic carbocycles. The molecule has 0 amide bonds. The van der Waals surface area contributed by atoms with E-state index >= 15 is 0 Å². The number of nitrogens with zero attached hydrogens (tertiary/aromatic N) is 2. The minimum atomic E-state index is -0.333. The van der Waals surface area contributed by atoms with Gasteiger partial charge >= 0.3 is 5.69 Å². The summed E-state index contributed by atoms with van der Waals surface area (Å²) in [5.41, 5.74) is 1.88. The zero-order chi connectivity index (χ0) is 12.8. The number of aromatic amines is 2. The van der Waals surface area contributed by atoms with Gasteiger partial charge in [0.05, 0.1) is 12.0 Å². The van der Waals surface area contributed by atoms with Crippen molar-refractivity contribution < 1.29 is 0 Å². The van der Waals surface area contributed by atoms with Crippen molar-refractivity contribution in [3.05, 3.63) is 40.5 Å². The van der Waals surface area contributed by atoms with Crippen molar-refractivity contribution in [3.8, 4) is 0 Å². The van der Waals surface area contributed by atoms with Crippen LogP contribution in [0.4, 0.5) is 5.82 Å². The molecule has 2 heterocycles. The molecule has 7 heteroatoms. The van der Waals surface area contributed by atoms with Crippen LogP contribution in [0.25, 0.3) is 0 Å². The number of aryl methyl sites for hydroxylation is 1. The third-order valence-corrected chi connectivity index (χ3v) is 3.39. The molecule has 0 aromatic carbocycles. The average Bonchev–Trinajstić information content (AvgIpc) is 2.75. The monoisotopic (exact) mass is 265 g/mol. The van der Waals surface area contributed by atoms with E-state index in [9.17, 15) is 4.79 Å². The van der Waals surface area contributed by atoms with E-state index in [2.05, 4.69) is 25.3 Å². The second-order valence-corrected chi connectivity index (χ2v) is 4.83. The molecule has 0 atom stereocenters. The standard InChI is InChI=1S/C11H15N5OS/c1-8-9(15-7-14-8)6-18-5-4-12-10-2-3-13-11(17)16-10/h2-3,7H,4-6H2,1H3,(H,14,15)(H2,12,13,16,17). The molecular formula is C11H15N5OS. The minimum Gasteiger partial charge on any atom is -0.369 e. The van der Waals surface area contributed by atoms with Gasteiger partial charge in [0.25, 0.3) is 0 Å². The lowest BCUT2D eigenvalue weighted by Crippen LogP contribution is -2.14.